The molecule has 2 N–H and O–H groups in total. The number of hydrogen-bond donors (Lipinski definition) is 2. The van der Waals surface area contributed by atoms with E-state index in [2.05, 4.69) is 35.6 Å². The van der Waals surface area contributed by atoms with Crippen LogP contribution in [0.4, 0.5) is 40.8 Å². The van der Waals surface area contributed by atoms with E-state index < -0.39 is 23.8 Å². The number of anilines is 4. The molecule has 0 bridgehead atoms. The Kier molecular flexibility index (Phi) is 6.27. The lowest BCUT2D eigenvalue weighted by Gasteiger charge is -2.16. The highest BCUT2D eigenvalue weighted by molar-refractivity contribution is 6.04. The summed E-state index contributed by atoms with van der Waals surface area (Å²) in [6.07, 6.45) is -1.24. The predicted octanol–water partition coefficient (Wildman–Crippen LogP) is 4.69. The van der Waals surface area contributed by atoms with Crippen molar-refractivity contribution in [1.82, 2.24) is 24.9 Å². The minimum absolute atomic E-state index is 0.187. The molecule has 4 heterocycles. The first kappa shape index (κ1) is 24.3. The van der Waals surface area contributed by atoms with Gasteiger partial charge in [0.25, 0.3) is 5.91 Å². The molecule has 0 aliphatic carbocycles. The Bertz CT molecular complexity index is 1480. The van der Waals surface area contributed by atoms with Gasteiger partial charge in [-0.1, -0.05) is 6.07 Å². The van der Waals surface area contributed by atoms with Crippen molar-refractivity contribution in [3.8, 4) is 0 Å². The van der Waals surface area contributed by atoms with Crippen LogP contribution >= 0.6 is 0 Å². The van der Waals surface area contributed by atoms with Crippen LogP contribution in [-0.2, 0) is 6.18 Å². The van der Waals surface area contributed by atoms with E-state index in [1.807, 2.05) is 6.92 Å². The topological polar surface area (TPSA) is 109 Å². The third-order valence-corrected chi connectivity index (χ3v) is 5.86. The highest BCUT2D eigenvalue weighted by atomic mass is 19.4. The number of fused-ring (bicyclic) bond motifs is 1. The van der Waals surface area contributed by atoms with Gasteiger partial charge in [0.15, 0.2) is 5.82 Å². The van der Waals surface area contributed by atoms with E-state index in [0.29, 0.717) is 41.5 Å². The third-order valence-electron chi connectivity index (χ3n) is 5.86. The van der Waals surface area contributed by atoms with Crippen molar-refractivity contribution in [2.75, 3.05) is 28.6 Å². The Hall–Kier alpha value is -4.42. The Morgan fingerprint density at radius 1 is 1.11 bits per heavy atom. The van der Waals surface area contributed by atoms with Crippen LogP contribution in [-0.4, -0.2) is 50.1 Å². The number of nitrogens with one attached hydrogen (secondary N) is 2. The SMILES string of the molecule is Cc1ccc(C(=O)Nc2cc(C(F)(F)F)ccn2)cc1Nc1ncnc2cnc(N3CC[C@H](F)C3)nc12. The number of pyridine rings is 1. The van der Waals surface area contributed by atoms with Crippen LogP contribution in [0.1, 0.15) is 27.9 Å². The first-order valence-corrected chi connectivity index (χ1v) is 11.3. The standard InChI is InChI=1S/C24H20F4N8O/c1-13-2-3-14(22(37)34-19-9-15(4-6-29-19)24(26,27)28)8-17(13)33-21-20-18(31-12-32-21)10-30-23(35-20)36-7-5-16(25)11-36/h2-4,6,8-10,12,16H,5,7,11H2,1H3,(H,29,34,37)(H,31,32,33)/t16-/m0/s1. The molecule has 9 nitrogen and oxygen atoms in total. The number of hydrogen-bond acceptors (Lipinski definition) is 8. The van der Waals surface area contributed by atoms with E-state index in [9.17, 15) is 22.4 Å². The normalized spacial score (nSPS) is 15.7. The second-order valence-electron chi connectivity index (χ2n) is 8.49. The fourth-order valence-electron chi connectivity index (χ4n) is 3.88. The first-order valence-electron chi connectivity index (χ1n) is 11.3. The molecule has 5 rings (SSSR count). The van der Waals surface area contributed by atoms with E-state index in [1.54, 1.807) is 23.1 Å². The van der Waals surface area contributed by atoms with Gasteiger partial charge in [0.2, 0.25) is 5.95 Å². The van der Waals surface area contributed by atoms with Gasteiger partial charge in [-0.05, 0) is 43.2 Å². The molecule has 1 fully saturated rings. The number of carbonyl (C=O) groups is 1. The monoisotopic (exact) mass is 512 g/mol. The average Bonchev–Trinajstić information content (AvgIpc) is 3.31. The van der Waals surface area contributed by atoms with Crippen LogP contribution in [0.2, 0.25) is 0 Å². The molecule has 1 atom stereocenters. The Morgan fingerprint density at radius 2 is 1.95 bits per heavy atom. The molecule has 1 amide bonds. The molecule has 1 saturated heterocycles. The van der Waals surface area contributed by atoms with Gasteiger partial charge in [0, 0.05) is 24.0 Å². The second kappa shape index (κ2) is 9.56. The van der Waals surface area contributed by atoms with Crippen LogP contribution in [0.3, 0.4) is 0 Å². The lowest BCUT2D eigenvalue weighted by Crippen LogP contribution is -2.22. The maximum atomic E-state index is 13.7. The van der Waals surface area contributed by atoms with Gasteiger partial charge in [0.05, 0.1) is 18.3 Å². The molecule has 1 aliphatic heterocycles. The Balaban J connectivity index is 1.41. The first-order chi connectivity index (χ1) is 17.7. The lowest BCUT2D eigenvalue weighted by molar-refractivity contribution is -0.137. The van der Waals surface area contributed by atoms with E-state index >= 15 is 0 Å². The highest BCUT2D eigenvalue weighted by Gasteiger charge is 2.31. The number of benzene rings is 1. The molecule has 3 aromatic heterocycles. The van der Waals surface area contributed by atoms with E-state index in [4.69, 9.17) is 0 Å². The number of alkyl halides is 4. The largest absolute Gasteiger partial charge is 0.416 e. The van der Waals surface area contributed by atoms with E-state index in [1.165, 1.54) is 12.5 Å². The van der Waals surface area contributed by atoms with Crippen molar-refractivity contribution < 1.29 is 22.4 Å². The summed E-state index contributed by atoms with van der Waals surface area (Å²) < 4.78 is 52.6. The second-order valence-corrected chi connectivity index (χ2v) is 8.49. The molecule has 0 unspecified atom stereocenters. The minimum Gasteiger partial charge on any atom is -0.338 e. The minimum atomic E-state index is -4.56. The zero-order chi connectivity index (χ0) is 26.2. The maximum absolute atomic E-state index is 13.7. The molecule has 0 saturated carbocycles. The van der Waals surface area contributed by atoms with Crippen LogP contribution in [0.25, 0.3) is 11.0 Å². The van der Waals surface area contributed by atoms with Gasteiger partial charge in [-0.15, -0.1) is 0 Å². The number of halogens is 4. The summed E-state index contributed by atoms with van der Waals surface area (Å²) in [5.74, 6) is -0.144. The summed E-state index contributed by atoms with van der Waals surface area (Å²) in [4.78, 5) is 35.6. The average molecular weight is 512 g/mol. The summed E-state index contributed by atoms with van der Waals surface area (Å²) in [6, 6.07) is 6.36. The van der Waals surface area contributed by atoms with Crippen LogP contribution < -0.4 is 15.5 Å². The van der Waals surface area contributed by atoms with Crippen LogP contribution in [0.15, 0.2) is 49.1 Å². The number of carbonyl (C=O) groups excluding carboxylic acids is 1. The fraction of sp³-hybridized carbons (Fsp3) is 0.250. The summed E-state index contributed by atoms with van der Waals surface area (Å²) in [5, 5.41) is 5.54. The number of rotatable bonds is 5. The van der Waals surface area contributed by atoms with Crippen molar-refractivity contribution in [3.63, 3.8) is 0 Å². The van der Waals surface area contributed by atoms with Gasteiger partial charge >= 0.3 is 6.18 Å². The quantitative estimate of drug-likeness (QED) is 0.371. The molecule has 0 radical (unpaired) electrons. The van der Waals surface area contributed by atoms with Crippen LogP contribution in [0.5, 0.6) is 0 Å². The molecule has 0 spiro atoms. The van der Waals surface area contributed by atoms with Crippen LogP contribution in [0, 0.1) is 6.92 Å². The number of nitrogens with zero attached hydrogens (tertiary/aromatic N) is 6. The van der Waals surface area contributed by atoms with E-state index in [0.717, 1.165) is 23.9 Å². The Morgan fingerprint density at radius 3 is 2.70 bits per heavy atom. The Labute approximate surface area is 208 Å². The van der Waals surface area contributed by atoms with Crippen molar-refractivity contribution in [2.24, 2.45) is 0 Å². The number of amides is 1. The van der Waals surface area contributed by atoms with Gasteiger partial charge in [-0.2, -0.15) is 13.2 Å². The summed E-state index contributed by atoms with van der Waals surface area (Å²) >= 11 is 0. The van der Waals surface area contributed by atoms with Gasteiger partial charge in [-0.3, -0.25) is 4.79 Å². The lowest BCUT2D eigenvalue weighted by atomic mass is 10.1. The van der Waals surface area contributed by atoms with Crippen molar-refractivity contribution >= 4 is 40.2 Å². The summed E-state index contributed by atoms with van der Waals surface area (Å²) in [6.45, 7) is 2.52. The molecular weight excluding hydrogens is 492 g/mol. The third kappa shape index (κ3) is 5.25. The molecule has 37 heavy (non-hydrogen) atoms. The smallest absolute Gasteiger partial charge is 0.338 e. The summed E-state index contributed by atoms with van der Waals surface area (Å²) in [7, 11) is 0. The predicted molar refractivity (Wildman–Crippen MR) is 129 cm³/mol. The molecule has 190 valence electrons. The molecule has 4 aromatic rings. The molecular formula is C24H20F4N8O. The zero-order valence-corrected chi connectivity index (χ0v) is 19.4. The van der Waals surface area contributed by atoms with Gasteiger partial charge < -0.3 is 15.5 Å². The van der Waals surface area contributed by atoms with Gasteiger partial charge in [0.1, 0.15) is 29.4 Å². The molecule has 13 heteroatoms. The maximum Gasteiger partial charge on any atom is 0.416 e. The summed E-state index contributed by atoms with van der Waals surface area (Å²) in [5.41, 5.74) is 1.45. The highest BCUT2D eigenvalue weighted by Crippen LogP contribution is 2.30. The number of aryl methyl sites for hydroxylation is 1. The van der Waals surface area contributed by atoms with Crippen molar-refractivity contribution in [1.29, 1.82) is 0 Å². The molecule has 1 aliphatic rings. The number of aromatic nitrogens is 5. The molecule has 1 aromatic carbocycles. The zero-order valence-electron chi connectivity index (χ0n) is 19.4. The fourth-order valence-corrected chi connectivity index (χ4v) is 3.88. The van der Waals surface area contributed by atoms with E-state index in [-0.39, 0.29) is 17.9 Å². The van der Waals surface area contributed by atoms with Crippen molar-refractivity contribution in [2.45, 2.75) is 25.7 Å². The van der Waals surface area contributed by atoms with Crippen molar-refractivity contribution in [3.05, 3.63) is 65.7 Å². The van der Waals surface area contributed by atoms with Gasteiger partial charge in [-0.25, -0.2) is 29.3 Å².